The van der Waals surface area contributed by atoms with Crippen molar-refractivity contribution in [2.75, 3.05) is 37.7 Å². The van der Waals surface area contributed by atoms with Gasteiger partial charge in [-0.15, -0.1) is 0 Å². The Kier molecular flexibility index (Phi) is 5.29. The third kappa shape index (κ3) is 3.86. The predicted molar refractivity (Wildman–Crippen MR) is 76.9 cm³/mol. The molecular formula is C13H22N2O4S. The van der Waals surface area contributed by atoms with Gasteiger partial charge >= 0.3 is 5.97 Å². The molecule has 2 heterocycles. The van der Waals surface area contributed by atoms with E-state index >= 15 is 0 Å². The van der Waals surface area contributed by atoms with Crippen molar-refractivity contribution in [1.82, 2.24) is 9.80 Å². The minimum atomic E-state index is -0.839. The molecule has 0 aliphatic carbocycles. The first-order valence-electron chi connectivity index (χ1n) is 6.95. The number of carboxylic acids is 1. The molecule has 114 valence electrons. The van der Waals surface area contributed by atoms with E-state index in [4.69, 9.17) is 4.74 Å². The molecule has 3 unspecified atom stereocenters. The Bertz CT molecular complexity index is 369. The van der Waals surface area contributed by atoms with Gasteiger partial charge in [0.2, 0.25) is 5.91 Å². The minimum absolute atomic E-state index is 0.00477. The van der Waals surface area contributed by atoms with Crippen LogP contribution in [-0.2, 0) is 14.3 Å². The number of hydrogen-bond donors (Lipinski definition) is 1. The number of nitrogens with zero attached hydrogens (tertiary/aromatic N) is 2. The summed E-state index contributed by atoms with van der Waals surface area (Å²) in [7, 11) is 0. The number of carbonyl (C=O) groups is 2. The molecule has 2 aliphatic heterocycles. The number of carboxylic acid groups (broad SMARTS) is 1. The van der Waals surface area contributed by atoms with E-state index in [0.717, 1.165) is 5.75 Å². The molecule has 2 aliphatic rings. The Morgan fingerprint density at radius 3 is 2.55 bits per heavy atom. The van der Waals surface area contributed by atoms with E-state index in [1.165, 1.54) is 0 Å². The third-order valence-electron chi connectivity index (χ3n) is 3.64. The second-order valence-electron chi connectivity index (χ2n) is 5.46. The fourth-order valence-electron chi connectivity index (χ4n) is 2.71. The molecule has 0 radical (unpaired) electrons. The molecule has 1 N–H and O–H groups in total. The highest BCUT2D eigenvalue weighted by Gasteiger charge is 2.33. The quantitative estimate of drug-likeness (QED) is 0.799. The van der Waals surface area contributed by atoms with Gasteiger partial charge in [-0.3, -0.25) is 14.5 Å². The van der Waals surface area contributed by atoms with Crippen LogP contribution >= 0.6 is 11.8 Å². The van der Waals surface area contributed by atoms with Gasteiger partial charge in [0, 0.05) is 31.1 Å². The van der Waals surface area contributed by atoms with Gasteiger partial charge in [0.15, 0.2) is 0 Å². The zero-order valence-corrected chi connectivity index (χ0v) is 12.8. The zero-order chi connectivity index (χ0) is 14.7. The van der Waals surface area contributed by atoms with Gasteiger partial charge in [0.05, 0.1) is 18.8 Å². The van der Waals surface area contributed by atoms with E-state index in [-0.39, 0.29) is 24.7 Å². The first kappa shape index (κ1) is 15.6. The standard InChI is InChI=1S/C13H22N2O4S/c1-9-5-15(6-10(2)19-9)12(16)7-14-3-4-20-8-11(14)13(17)18/h9-11H,3-8H2,1-2H3,(H,17,18). The summed E-state index contributed by atoms with van der Waals surface area (Å²) in [6, 6.07) is -0.548. The van der Waals surface area contributed by atoms with Crippen LogP contribution in [0.4, 0.5) is 0 Å². The Morgan fingerprint density at radius 1 is 1.30 bits per heavy atom. The number of morpholine rings is 1. The van der Waals surface area contributed by atoms with Crippen LogP contribution in [0.25, 0.3) is 0 Å². The summed E-state index contributed by atoms with van der Waals surface area (Å²) in [6.45, 7) is 5.92. The van der Waals surface area contributed by atoms with E-state index in [1.807, 2.05) is 13.8 Å². The van der Waals surface area contributed by atoms with E-state index in [2.05, 4.69) is 0 Å². The van der Waals surface area contributed by atoms with Gasteiger partial charge in [0.1, 0.15) is 6.04 Å². The summed E-state index contributed by atoms with van der Waals surface area (Å²) < 4.78 is 5.61. The first-order valence-corrected chi connectivity index (χ1v) is 8.10. The van der Waals surface area contributed by atoms with E-state index in [9.17, 15) is 14.7 Å². The fourth-order valence-corrected chi connectivity index (χ4v) is 3.82. The molecule has 3 atom stereocenters. The van der Waals surface area contributed by atoms with Crippen LogP contribution in [-0.4, -0.2) is 82.7 Å². The lowest BCUT2D eigenvalue weighted by Crippen LogP contribution is -2.55. The smallest absolute Gasteiger partial charge is 0.321 e. The lowest BCUT2D eigenvalue weighted by atomic mass is 10.2. The maximum absolute atomic E-state index is 12.4. The average Bonchev–Trinajstić information content (AvgIpc) is 2.37. The number of amides is 1. The van der Waals surface area contributed by atoms with Crippen molar-refractivity contribution < 1.29 is 19.4 Å². The number of hydrogen-bond acceptors (Lipinski definition) is 5. The largest absolute Gasteiger partial charge is 0.480 e. The van der Waals surface area contributed by atoms with Gasteiger partial charge in [-0.05, 0) is 13.8 Å². The van der Waals surface area contributed by atoms with Gasteiger partial charge in [-0.1, -0.05) is 0 Å². The normalized spacial score (nSPS) is 32.1. The Hall–Kier alpha value is -0.790. The summed E-state index contributed by atoms with van der Waals surface area (Å²) in [5.74, 6) is 0.602. The monoisotopic (exact) mass is 302 g/mol. The van der Waals surface area contributed by atoms with Crippen LogP contribution in [0.1, 0.15) is 13.8 Å². The molecule has 2 saturated heterocycles. The average molecular weight is 302 g/mol. The lowest BCUT2D eigenvalue weighted by molar-refractivity contribution is -0.148. The summed E-state index contributed by atoms with van der Waals surface area (Å²) in [4.78, 5) is 27.2. The maximum Gasteiger partial charge on any atom is 0.321 e. The minimum Gasteiger partial charge on any atom is -0.480 e. The molecular weight excluding hydrogens is 280 g/mol. The fraction of sp³-hybridized carbons (Fsp3) is 0.846. The Morgan fingerprint density at radius 2 is 1.95 bits per heavy atom. The molecule has 0 aromatic rings. The summed E-state index contributed by atoms with van der Waals surface area (Å²) in [6.07, 6.45) is 0.0739. The van der Waals surface area contributed by atoms with Crippen LogP contribution in [0.3, 0.4) is 0 Å². The molecule has 0 aromatic heterocycles. The van der Waals surface area contributed by atoms with Gasteiger partial charge in [-0.25, -0.2) is 0 Å². The lowest BCUT2D eigenvalue weighted by Gasteiger charge is -2.38. The molecule has 0 aromatic carbocycles. The molecule has 0 spiro atoms. The van der Waals surface area contributed by atoms with Crippen molar-refractivity contribution >= 4 is 23.6 Å². The summed E-state index contributed by atoms with van der Waals surface area (Å²) >= 11 is 1.63. The zero-order valence-electron chi connectivity index (χ0n) is 11.9. The third-order valence-corrected chi connectivity index (χ3v) is 4.66. The SMILES string of the molecule is CC1CN(C(=O)CN2CCSCC2C(=O)O)CC(C)O1. The van der Waals surface area contributed by atoms with E-state index in [0.29, 0.717) is 25.4 Å². The maximum atomic E-state index is 12.4. The molecule has 7 heteroatoms. The molecule has 1 amide bonds. The molecule has 20 heavy (non-hydrogen) atoms. The number of ether oxygens (including phenoxy) is 1. The van der Waals surface area contributed by atoms with Gasteiger partial charge in [-0.2, -0.15) is 11.8 Å². The van der Waals surface area contributed by atoms with Gasteiger partial charge < -0.3 is 14.7 Å². The Balaban J connectivity index is 1.94. The highest BCUT2D eigenvalue weighted by Crippen LogP contribution is 2.18. The van der Waals surface area contributed by atoms with Crippen LogP contribution < -0.4 is 0 Å². The summed E-state index contributed by atoms with van der Waals surface area (Å²) in [5.41, 5.74) is 0. The van der Waals surface area contributed by atoms with Crippen LogP contribution in [0.15, 0.2) is 0 Å². The molecule has 0 saturated carbocycles. The van der Waals surface area contributed by atoms with Crippen molar-refractivity contribution in [3.05, 3.63) is 0 Å². The molecule has 2 fully saturated rings. The molecule has 2 rings (SSSR count). The van der Waals surface area contributed by atoms with Crippen LogP contribution in [0.2, 0.25) is 0 Å². The Labute approximate surface area is 123 Å². The highest BCUT2D eigenvalue weighted by atomic mass is 32.2. The predicted octanol–water partition coefficient (Wildman–Crippen LogP) is 0.124. The number of thioether (sulfide) groups is 1. The van der Waals surface area contributed by atoms with Crippen LogP contribution in [0.5, 0.6) is 0 Å². The van der Waals surface area contributed by atoms with Gasteiger partial charge in [0.25, 0.3) is 0 Å². The topological polar surface area (TPSA) is 70.1 Å². The molecule has 6 nitrogen and oxygen atoms in total. The van der Waals surface area contributed by atoms with Crippen molar-refractivity contribution in [2.45, 2.75) is 32.1 Å². The van der Waals surface area contributed by atoms with E-state index < -0.39 is 12.0 Å². The molecule has 0 bridgehead atoms. The van der Waals surface area contributed by atoms with Crippen LogP contribution in [0, 0.1) is 0 Å². The van der Waals surface area contributed by atoms with E-state index in [1.54, 1.807) is 21.6 Å². The number of rotatable bonds is 3. The highest BCUT2D eigenvalue weighted by molar-refractivity contribution is 7.99. The second kappa shape index (κ2) is 6.78. The summed E-state index contributed by atoms with van der Waals surface area (Å²) in [5, 5.41) is 9.22. The second-order valence-corrected chi connectivity index (χ2v) is 6.61. The van der Waals surface area contributed by atoms with Crippen molar-refractivity contribution in [3.8, 4) is 0 Å². The first-order chi connectivity index (χ1) is 9.47. The number of carbonyl (C=O) groups excluding carboxylic acids is 1. The number of aliphatic carboxylic acids is 1. The van der Waals surface area contributed by atoms with Crippen molar-refractivity contribution in [3.63, 3.8) is 0 Å². The van der Waals surface area contributed by atoms with Crippen molar-refractivity contribution in [1.29, 1.82) is 0 Å². The van der Waals surface area contributed by atoms with Crippen molar-refractivity contribution in [2.24, 2.45) is 0 Å².